The normalized spacial score (nSPS) is 10.2. The van der Waals surface area contributed by atoms with Gasteiger partial charge in [0.05, 0.1) is 19.3 Å². The Morgan fingerprint density at radius 2 is 1.89 bits per heavy atom. The Hall–Kier alpha value is -1.78. The van der Waals surface area contributed by atoms with Crippen LogP contribution in [0.2, 0.25) is 0 Å². The highest BCUT2D eigenvalue weighted by Gasteiger charge is 2.25. The summed E-state index contributed by atoms with van der Waals surface area (Å²) >= 11 is 0. The average Bonchev–Trinajstić information content (AvgIpc) is 2.65. The monoisotopic (exact) mass is 253 g/mol. The molecule has 0 spiro atoms. The van der Waals surface area contributed by atoms with Crippen molar-refractivity contribution in [3.63, 3.8) is 0 Å². The maximum absolute atomic E-state index is 11.9. The molecule has 18 heavy (non-hydrogen) atoms. The van der Waals surface area contributed by atoms with E-state index in [1.807, 2.05) is 6.92 Å². The molecule has 0 bridgehead atoms. The molecule has 1 N–H and O–H groups in total. The van der Waals surface area contributed by atoms with E-state index in [1.165, 1.54) is 7.11 Å². The summed E-state index contributed by atoms with van der Waals surface area (Å²) in [6.45, 7) is 5.94. The molecular weight excluding hydrogens is 234 g/mol. The number of ether oxygens (including phenoxy) is 2. The van der Waals surface area contributed by atoms with Gasteiger partial charge in [0, 0.05) is 5.69 Å². The zero-order valence-electron chi connectivity index (χ0n) is 11.3. The van der Waals surface area contributed by atoms with Gasteiger partial charge < -0.3 is 14.5 Å². The fourth-order valence-corrected chi connectivity index (χ4v) is 1.61. The SMILES string of the molecule is CCCCOC(=O)c1c(C(=O)OC)[nH]c(C)c1C. The predicted octanol–water partition coefficient (Wildman–Crippen LogP) is 2.38. The van der Waals surface area contributed by atoms with Crippen LogP contribution in [0.5, 0.6) is 0 Å². The third-order valence-corrected chi connectivity index (χ3v) is 2.82. The Morgan fingerprint density at radius 3 is 2.44 bits per heavy atom. The number of aromatic nitrogens is 1. The van der Waals surface area contributed by atoms with E-state index >= 15 is 0 Å². The number of aromatic amines is 1. The first-order chi connectivity index (χ1) is 8.52. The number of aryl methyl sites for hydroxylation is 1. The van der Waals surface area contributed by atoms with Gasteiger partial charge in [0.1, 0.15) is 5.69 Å². The van der Waals surface area contributed by atoms with Crippen LogP contribution in [0.1, 0.15) is 51.9 Å². The van der Waals surface area contributed by atoms with Crippen molar-refractivity contribution in [1.82, 2.24) is 4.98 Å². The lowest BCUT2D eigenvalue weighted by atomic mass is 10.1. The molecule has 0 unspecified atom stereocenters. The summed E-state index contributed by atoms with van der Waals surface area (Å²) in [6.07, 6.45) is 1.75. The summed E-state index contributed by atoms with van der Waals surface area (Å²) in [6, 6.07) is 0. The number of H-pyrrole nitrogens is 1. The second-order valence-electron chi connectivity index (χ2n) is 4.11. The molecule has 0 saturated heterocycles. The minimum Gasteiger partial charge on any atom is -0.464 e. The molecule has 0 aliphatic heterocycles. The zero-order chi connectivity index (χ0) is 13.7. The lowest BCUT2D eigenvalue weighted by molar-refractivity contribution is 0.0480. The minimum atomic E-state index is -0.561. The van der Waals surface area contributed by atoms with Crippen LogP contribution in [0.3, 0.4) is 0 Å². The fraction of sp³-hybridized carbons (Fsp3) is 0.538. The molecular formula is C13H19NO4. The van der Waals surface area contributed by atoms with Crippen molar-refractivity contribution in [3.05, 3.63) is 22.5 Å². The molecule has 100 valence electrons. The number of nitrogens with one attached hydrogen (secondary N) is 1. The molecule has 5 nitrogen and oxygen atoms in total. The molecule has 0 aromatic carbocycles. The Morgan fingerprint density at radius 1 is 1.22 bits per heavy atom. The molecule has 0 amide bonds. The highest BCUT2D eigenvalue weighted by Crippen LogP contribution is 2.19. The summed E-state index contributed by atoms with van der Waals surface area (Å²) in [7, 11) is 1.28. The highest BCUT2D eigenvalue weighted by atomic mass is 16.5. The Bertz CT molecular complexity index is 448. The first-order valence-corrected chi connectivity index (χ1v) is 5.97. The average molecular weight is 253 g/mol. The second-order valence-corrected chi connectivity index (χ2v) is 4.11. The predicted molar refractivity (Wildman–Crippen MR) is 66.8 cm³/mol. The molecule has 1 rings (SSSR count). The van der Waals surface area contributed by atoms with Crippen molar-refractivity contribution in [2.24, 2.45) is 0 Å². The van der Waals surface area contributed by atoms with Gasteiger partial charge in [-0.25, -0.2) is 9.59 Å². The van der Waals surface area contributed by atoms with Crippen LogP contribution < -0.4 is 0 Å². The summed E-state index contributed by atoms with van der Waals surface area (Å²) in [4.78, 5) is 26.4. The molecule has 1 aromatic rings. The molecule has 5 heteroatoms. The number of methoxy groups -OCH3 is 1. The van der Waals surface area contributed by atoms with Crippen LogP contribution in [0.15, 0.2) is 0 Å². The van der Waals surface area contributed by atoms with Crippen molar-refractivity contribution in [2.75, 3.05) is 13.7 Å². The number of unbranched alkanes of at least 4 members (excludes halogenated alkanes) is 1. The first kappa shape index (κ1) is 14.3. The number of carbonyl (C=O) groups excluding carboxylic acids is 2. The topological polar surface area (TPSA) is 68.4 Å². The quantitative estimate of drug-likeness (QED) is 0.646. The Balaban J connectivity index is 2.98. The summed E-state index contributed by atoms with van der Waals surface area (Å²) in [5.74, 6) is -1.04. The maximum Gasteiger partial charge on any atom is 0.355 e. The smallest absolute Gasteiger partial charge is 0.355 e. The number of carbonyl (C=O) groups is 2. The van der Waals surface area contributed by atoms with Crippen molar-refractivity contribution in [1.29, 1.82) is 0 Å². The van der Waals surface area contributed by atoms with Crippen LogP contribution in [0, 0.1) is 13.8 Å². The van der Waals surface area contributed by atoms with Crippen LogP contribution in [0.4, 0.5) is 0 Å². The van der Waals surface area contributed by atoms with Crippen LogP contribution in [0.25, 0.3) is 0 Å². The number of rotatable bonds is 5. The van der Waals surface area contributed by atoms with Gasteiger partial charge in [-0.2, -0.15) is 0 Å². The lowest BCUT2D eigenvalue weighted by Crippen LogP contribution is -2.13. The molecule has 0 saturated carbocycles. The van der Waals surface area contributed by atoms with Gasteiger partial charge >= 0.3 is 11.9 Å². The van der Waals surface area contributed by atoms with Gasteiger partial charge in [0.25, 0.3) is 0 Å². The lowest BCUT2D eigenvalue weighted by Gasteiger charge is -2.05. The van der Waals surface area contributed by atoms with Gasteiger partial charge in [-0.3, -0.25) is 0 Å². The molecule has 0 fully saturated rings. The molecule has 0 aliphatic carbocycles. The van der Waals surface area contributed by atoms with Gasteiger partial charge in [-0.05, 0) is 25.8 Å². The highest BCUT2D eigenvalue weighted by molar-refractivity contribution is 6.03. The van der Waals surface area contributed by atoms with Crippen LogP contribution in [-0.4, -0.2) is 30.6 Å². The van der Waals surface area contributed by atoms with Gasteiger partial charge in [0.2, 0.25) is 0 Å². The second kappa shape index (κ2) is 6.23. The van der Waals surface area contributed by atoms with E-state index in [9.17, 15) is 9.59 Å². The Kier molecular flexibility index (Phi) is 4.95. The number of esters is 2. The van der Waals surface area contributed by atoms with Gasteiger partial charge in [0.15, 0.2) is 0 Å². The van der Waals surface area contributed by atoms with Gasteiger partial charge in [-0.15, -0.1) is 0 Å². The van der Waals surface area contributed by atoms with E-state index in [4.69, 9.17) is 4.74 Å². The number of hydrogen-bond donors (Lipinski definition) is 1. The number of hydrogen-bond acceptors (Lipinski definition) is 4. The van der Waals surface area contributed by atoms with E-state index in [0.29, 0.717) is 6.61 Å². The first-order valence-electron chi connectivity index (χ1n) is 5.97. The van der Waals surface area contributed by atoms with Crippen molar-refractivity contribution in [2.45, 2.75) is 33.6 Å². The fourth-order valence-electron chi connectivity index (χ4n) is 1.61. The van der Waals surface area contributed by atoms with Crippen LogP contribution >= 0.6 is 0 Å². The summed E-state index contributed by atoms with van der Waals surface area (Å²) in [5.41, 5.74) is 1.92. The summed E-state index contributed by atoms with van der Waals surface area (Å²) in [5, 5.41) is 0. The van der Waals surface area contributed by atoms with Gasteiger partial charge in [-0.1, -0.05) is 13.3 Å². The largest absolute Gasteiger partial charge is 0.464 e. The standard InChI is InChI=1S/C13H19NO4/c1-5-6-7-18-12(15)10-8(2)9(3)14-11(10)13(16)17-4/h14H,5-7H2,1-4H3. The zero-order valence-corrected chi connectivity index (χ0v) is 11.3. The maximum atomic E-state index is 11.9. The molecule has 1 heterocycles. The third kappa shape index (κ3) is 2.91. The summed E-state index contributed by atoms with van der Waals surface area (Å²) < 4.78 is 9.77. The minimum absolute atomic E-state index is 0.161. The molecule has 0 radical (unpaired) electrons. The van der Waals surface area contributed by atoms with Crippen LogP contribution in [-0.2, 0) is 9.47 Å². The molecule has 0 aliphatic rings. The van der Waals surface area contributed by atoms with E-state index in [0.717, 1.165) is 24.1 Å². The van der Waals surface area contributed by atoms with Crippen molar-refractivity contribution in [3.8, 4) is 0 Å². The molecule has 0 atom stereocenters. The van der Waals surface area contributed by atoms with E-state index in [1.54, 1.807) is 13.8 Å². The van der Waals surface area contributed by atoms with Crippen molar-refractivity contribution >= 4 is 11.9 Å². The Labute approximate surface area is 106 Å². The van der Waals surface area contributed by atoms with E-state index in [2.05, 4.69) is 9.72 Å². The third-order valence-electron chi connectivity index (χ3n) is 2.82. The van der Waals surface area contributed by atoms with Crippen molar-refractivity contribution < 1.29 is 19.1 Å². The van der Waals surface area contributed by atoms with E-state index in [-0.39, 0.29) is 11.3 Å². The molecule has 1 aromatic heterocycles. The van der Waals surface area contributed by atoms with E-state index < -0.39 is 11.9 Å².